The van der Waals surface area contributed by atoms with Crippen LogP contribution in [0.15, 0.2) is 109 Å². The lowest BCUT2D eigenvalue weighted by Gasteiger charge is -2.43. The number of fused-ring (bicyclic) bond motifs is 3. The zero-order valence-electron chi connectivity index (χ0n) is 24.8. The predicted octanol–water partition coefficient (Wildman–Crippen LogP) is 6.78. The lowest BCUT2D eigenvalue weighted by molar-refractivity contribution is -0.140. The van der Waals surface area contributed by atoms with Crippen molar-refractivity contribution in [1.82, 2.24) is 14.8 Å². The summed E-state index contributed by atoms with van der Waals surface area (Å²) in [4.78, 5) is 23.8. The first kappa shape index (κ1) is 27.4. The summed E-state index contributed by atoms with van der Waals surface area (Å²) in [6.45, 7) is 3.42. The number of hydrogen-bond donors (Lipinski definition) is 0. The van der Waals surface area contributed by atoms with E-state index in [4.69, 9.17) is 4.74 Å². The summed E-state index contributed by atoms with van der Waals surface area (Å²) in [5, 5.41) is 2.46. The molecule has 0 radical (unpaired) electrons. The van der Waals surface area contributed by atoms with E-state index in [2.05, 4.69) is 113 Å². The van der Waals surface area contributed by atoms with Gasteiger partial charge in [-0.05, 0) is 76.4 Å². The molecule has 2 heterocycles. The smallest absolute Gasteiger partial charge is 0.240 e. The van der Waals surface area contributed by atoms with Crippen LogP contribution in [0, 0.1) is 0 Å². The highest BCUT2D eigenvalue weighted by Crippen LogP contribution is 2.40. The molecule has 0 fully saturated rings. The van der Waals surface area contributed by atoms with Crippen LogP contribution >= 0.6 is 0 Å². The molecule has 1 amide bonds. The van der Waals surface area contributed by atoms with Gasteiger partial charge in [0.1, 0.15) is 5.75 Å². The summed E-state index contributed by atoms with van der Waals surface area (Å²) in [6.07, 6.45) is 6.21. The lowest BCUT2D eigenvalue weighted by Crippen LogP contribution is -2.53. The van der Waals surface area contributed by atoms with Gasteiger partial charge in [-0.1, -0.05) is 91.0 Å². The van der Waals surface area contributed by atoms with E-state index in [-0.39, 0.29) is 24.0 Å². The molecule has 1 aliphatic carbocycles. The summed E-state index contributed by atoms with van der Waals surface area (Å²) in [5.41, 5.74) is 7.56. The zero-order chi connectivity index (χ0) is 29.3. The predicted molar refractivity (Wildman–Crippen MR) is 171 cm³/mol. The van der Waals surface area contributed by atoms with Gasteiger partial charge in [0.25, 0.3) is 0 Å². The minimum absolute atomic E-state index is 0.0175. The maximum absolute atomic E-state index is 14.8. The minimum atomic E-state index is -0.320. The van der Waals surface area contributed by atoms with Crippen LogP contribution in [0.25, 0.3) is 10.8 Å². The van der Waals surface area contributed by atoms with Crippen LogP contribution in [0.2, 0.25) is 0 Å². The second-order valence-electron chi connectivity index (χ2n) is 11.9. The molecule has 7 rings (SSSR count). The number of methoxy groups -OCH3 is 1. The van der Waals surface area contributed by atoms with Crippen molar-refractivity contribution in [3.8, 4) is 5.75 Å². The molecule has 1 aliphatic heterocycles. The molecule has 0 spiro atoms. The SMILES string of the molecule is COc1cncc(CN(C(=O)C(C)N2CCc3ccccc3C2c2cccc3ccccc23)C2Cc3ccccc3C2)c1. The van der Waals surface area contributed by atoms with Crippen molar-refractivity contribution >= 4 is 16.7 Å². The Bertz CT molecular complexity index is 1750. The number of aromatic nitrogens is 1. The third kappa shape index (κ3) is 5.19. The fourth-order valence-electron chi connectivity index (χ4n) is 7.22. The molecule has 5 aromatic rings. The minimum Gasteiger partial charge on any atom is -0.495 e. The van der Waals surface area contributed by atoms with Gasteiger partial charge in [-0.15, -0.1) is 0 Å². The van der Waals surface area contributed by atoms with Crippen molar-refractivity contribution in [3.05, 3.63) is 143 Å². The summed E-state index contributed by atoms with van der Waals surface area (Å²) in [7, 11) is 1.65. The fourth-order valence-corrected chi connectivity index (χ4v) is 7.22. The highest BCUT2D eigenvalue weighted by atomic mass is 16.5. The number of benzene rings is 4. The van der Waals surface area contributed by atoms with Crippen molar-refractivity contribution in [2.24, 2.45) is 0 Å². The number of nitrogens with zero attached hydrogens (tertiary/aromatic N) is 3. The second kappa shape index (κ2) is 11.7. The number of hydrogen-bond acceptors (Lipinski definition) is 4. The first-order valence-corrected chi connectivity index (χ1v) is 15.3. The zero-order valence-corrected chi connectivity index (χ0v) is 24.8. The molecule has 5 heteroatoms. The number of rotatable bonds is 7. The van der Waals surface area contributed by atoms with Gasteiger partial charge in [0, 0.05) is 25.3 Å². The quantitative estimate of drug-likeness (QED) is 0.218. The third-order valence-electron chi connectivity index (χ3n) is 9.41. The molecule has 43 heavy (non-hydrogen) atoms. The van der Waals surface area contributed by atoms with Crippen LogP contribution in [-0.2, 0) is 30.6 Å². The van der Waals surface area contributed by atoms with Crippen LogP contribution in [0.4, 0.5) is 0 Å². The molecule has 0 saturated carbocycles. The van der Waals surface area contributed by atoms with E-state index in [1.165, 1.54) is 38.6 Å². The Balaban J connectivity index is 1.27. The number of pyridine rings is 1. The molecular formula is C38H37N3O2. The number of amides is 1. The fraction of sp³-hybridized carbons (Fsp3) is 0.263. The van der Waals surface area contributed by atoms with Crippen LogP contribution in [0.5, 0.6) is 5.75 Å². The molecular weight excluding hydrogens is 530 g/mol. The normalized spacial score (nSPS) is 17.3. The van der Waals surface area contributed by atoms with Gasteiger partial charge in [0.2, 0.25) is 5.91 Å². The number of ether oxygens (including phenoxy) is 1. The van der Waals surface area contributed by atoms with E-state index >= 15 is 0 Å². The van der Waals surface area contributed by atoms with E-state index in [1.54, 1.807) is 13.3 Å². The van der Waals surface area contributed by atoms with Gasteiger partial charge in [-0.25, -0.2) is 0 Å². The first-order chi connectivity index (χ1) is 21.1. The van der Waals surface area contributed by atoms with Crippen LogP contribution in [0.1, 0.15) is 46.3 Å². The molecule has 2 unspecified atom stereocenters. The molecule has 0 saturated heterocycles. The average molecular weight is 568 g/mol. The van der Waals surface area contributed by atoms with Crippen molar-refractivity contribution < 1.29 is 9.53 Å². The Morgan fingerprint density at radius 1 is 0.884 bits per heavy atom. The molecule has 5 nitrogen and oxygen atoms in total. The van der Waals surface area contributed by atoms with Crippen LogP contribution in [0.3, 0.4) is 0 Å². The van der Waals surface area contributed by atoms with Crippen LogP contribution in [-0.4, -0.2) is 46.4 Å². The third-order valence-corrected chi connectivity index (χ3v) is 9.41. The van der Waals surface area contributed by atoms with Crippen molar-refractivity contribution in [2.75, 3.05) is 13.7 Å². The maximum Gasteiger partial charge on any atom is 0.240 e. The largest absolute Gasteiger partial charge is 0.495 e. The Labute approximate surface area is 253 Å². The highest BCUT2D eigenvalue weighted by Gasteiger charge is 2.39. The van der Waals surface area contributed by atoms with Gasteiger partial charge in [-0.2, -0.15) is 0 Å². The van der Waals surface area contributed by atoms with Crippen LogP contribution < -0.4 is 4.74 Å². The van der Waals surface area contributed by atoms with Gasteiger partial charge in [0.15, 0.2) is 0 Å². The maximum atomic E-state index is 14.8. The number of carbonyl (C=O) groups excluding carboxylic acids is 1. The van der Waals surface area contributed by atoms with Crippen molar-refractivity contribution in [1.29, 1.82) is 0 Å². The standard InChI is InChI=1S/C38H37N3O2/c1-26(38(42)41(25-27-20-33(43-2)24-39-23-27)32-21-30-12-3-4-13-31(30)22-32)40-19-18-29-11-6-8-16-35(29)37(40)36-17-9-14-28-10-5-7-15-34(28)36/h3-17,20,23-24,26,32,37H,18-19,21-22,25H2,1-2H3. The molecule has 0 N–H and O–H groups in total. The Morgan fingerprint density at radius 3 is 2.35 bits per heavy atom. The highest BCUT2D eigenvalue weighted by molar-refractivity contribution is 5.87. The average Bonchev–Trinajstić information content (AvgIpc) is 3.50. The Kier molecular flexibility index (Phi) is 7.42. The summed E-state index contributed by atoms with van der Waals surface area (Å²) in [6, 6.07) is 34.3. The van der Waals surface area contributed by atoms with E-state index in [1.807, 2.05) is 12.3 Å². The molecule has 2 aliphatic rings. The molecule has 0 bridgehead atoms. The van der Waals surface area contributed by atoms with Gasteiger partial charge >= 0.3 is 0 Å². The van der Waals surface area contributed by atoms with E-state index < -0.39 is 0 Å². The van der Waals surface area contributed by atoms with Crippen molar-refractivity contribution in [3.63, 3.8) is 0 Å². The molecule has 1 aromatic heterocycles. The summed E-state index contributed by atoms with van der Waals surface area (Å²) >= 11 is 0. The second-order valence-corrected chi connectivity index (χ2v) is 11.9. The monoisotopic (exact) mass is 567 g/mol. The van der Waals surface area contributed by atoms with E-state index in [0.717, 1.165) is 31.4 Å². The number of carbonyl (C=O) groups is 1. The molecule has 216 valence electrons. The Morgan fingerprint density at radius 2 is 1.56 bits per heavy atom. The van der Waals surface area contributed by atoms with Gasteiger partial charge in [-0.3, -0.25) is 14.7 Å². The topological polar surface area (TPSA) is 45.7 Å². The first-order valence-electron chi connectivity index (χ1n) is 15.3. The Hall–Kier alpha value is -4.48. The summed E-state index contributed by atoms with van der Waals surface area (Å²) < 4.78 is 5.47. The van der Waals surface area contributed by atoms with Crippen molar-refractivity contribution in [2.45, 2.75) is 50.9 Å². The molecule has 2 atom stereocenters. The summed E-state index contributed by atoms with van der Waals surface area (Å²) in [5.74, 6) is 0.863. The van der Waals surface area contributed by atoms with E-state index in [9.17, 15) is 4.79 Å². The molecule has 4 aromatic carbocycles. The van der Waals surface area contributed by atoms with Gasteiger partial charge < -0.3 is 9.64 Å². The lowest BCUT2D eigenvalue weighted by atomic mass is 9.85. The van der Waals surface area contributed by atoms with E-state index in [0.29, 0.717) is 12.3 Å². The van der Waals surface area contributed by atoms with Gasteiger partial charge in [0.05, 0.1) is 25.4 Å².